The zero-order valence-corrected chi connectivity index (χ0v) is 7.76. The van der Waals surface area contributed by atoms with Gasteiger partial charge in [0.15, 0.2) is 12.1 Å². The van der Waals surface area contributed by atoms with E-state index in [0.29, 0.717) is 10.8 Å². The molecule has 0 radical (unpaired) electrons. The molecule has 0 bridgehead atoms. The molecule has 0 saturated carbocycles. The quantitative estimate of drug-likeness (QED) is 0.732. The summed E-state index contributed by atoms with van der Waals surface area (Å²) in [4.78, 5) is 14.0. The first kappa shape index (κ1) is 9.12. The van der Waals surface area contributed by atoms with Gasteiger partial charge in [0.2, 0.25) is 0 Å². The second-order valence-corrected chi connectivity index (χ2v) is 2.82. The number of methoxy groups -OCH3 is 1. The van der Waals surface area contributed by atoms with Gasteiger partial charge in [0.1, 0.15) is 0 Å². The Balaban J connectivity index is 3.33. The van der Waals surface area contributed by atoms with Crippen LogP contribution in [0.3, 0.4) is 0 Å². The van der Waals surface area contributed by atoms with E-state index in [0.717, 1.165) is 0 Å². The lowest BCUT2D eigenvalue weighted by molar-refractivity contribution is 0.111. The number of halogens is 2. The molecule has 0 aliphatic carbocycles. The minimum absolute atomic E-state index is 0.0816. The van der Waals surface area contributed by atoms with Gasteiger partial charge in [0.25, 0.3) is 5.88 Å². The minimum Gasteiger partial charge on any atom is -0.479 e. The largest absolute Gasteiger partial charge is 0.479 e. The molecule has 1 aromatic heterocycles. The molecule has 5 heteroatoms. The maximum Gasteiger partial charge on any atom is 0.250 e. The number of carbonyl (C=O) groups is 1. The van der Waals surface area contributed by atoms with Crippen LogP contribution in [-0.4, -0.2) is 18.4 Å². The third-order valence-electron chi connectivity index (χ3n) is 1.29. The summed E-state index contributed by atoms with van der Waals surface area (Å²) in [5, 5.41) is 0. The van der Waals surface area contributed by atoms with Crippen molar-refractivity contribution in [2.24, 2.45) is 0 Å². The van der Waals surface area contributed by atoms with Crippen LogP contribution in [0.15, 0.2) is 10.7 Å². The van der Waals surface area contributed by atoms with Crippen molar-refractivity contribution in [3.05, 3.63) is 22.1 Å². The number of aldehydes is 1. The van der Waals surface area contributed by atoms with Crippen LogP contribution in [0.5, 0.6) is 5.88 Å². The molecule has 0 spiro atoms. The van der Waals surface area contributed by atoms with Gasteiger partial charge in [-0.15, -0.1) is 0 Å². The molecule has 1 heterocycles. The van der Waals surface area contributed by atoms with Gasteiger partial charge in [-0.05, 0) is 15.9 Å². The molecule has 1 aromatic rings. The molecule has 0 aromatic carbocycles. The Hall–Kier alpha value is -0.970. The predicted octanol–water partition coefficient (Wildman–Crippen LogP) is 1.80. The molecule has 0 saturated heterocycles. The molecule has 12 heavy (non-hydrogen) atoms. The standard InChI is InChI=1S/C7H5BrFNO2/c1-12-7-6(9)4(3-11)5(8)2-10-7/h2-3H,1H3. The smallest absolute Gasteiger partial charge is 0.250 e. The van der Waals surface area contributed by atoms with E-state index in [1.165, 1.54) is 13.3 Å². The average molecular weight is 234 g/mol. The van der Waals surface area contributed by atoms with Crippen LogP contribution in [-0.2, 0) is 0 Å². The Labute approximate surface area is 76.7 Å². The summed E-state index contributed by atoms with van der Waals surface area (Å²) in [6, 6.07) is 0. The molecule has 1 rings (SSSR count). The van der Waals surface area contributed by atoms with Gasteiger partial charge in [0.05, 0.1) is 12.7 Å². The van der Waals surface area contributed by atoms with E-state index in [9.17, 15) is 9.18 Å². The van der Waals surface area contributed by atoms with Crippen molar-refractivity contribution in [3.63, 3.8) is 0 Å². The molecule has 0 N–H and O–H groups in total. The van der Waals surface area contributed by atoms with Crippen molar-refractivity contribution in [3.8, 4) is 5.88 Å². The number of rotatable bonds is 2. The lowest BCUT2D eigenvalue weighted by Crippen LogP contribution is -1.97. The maximum atomic E-state index is 13.1. The number of ether oxygens (including phenoxy) is 1. The van der Waals surface area contributed by atoms with Crippen molar-refractivity contribution >= 4 is 22.2 Å². The minimum atomic E-state index is -0.748. The molecule has 0 fully saturated rings. The van der Waals surface area contributed by atoms with E-state index >= 15 is 0 Å². The van der Waals surface area contributed by atoms with Crippen LogP contribution in [0.1, 0.15) is 10.4 Å². The predicted molar refractivity (Wildman–Crippen MR) is 43.8 cm³/mol. The highest BCUT2D eigenvalue weighted by molar-refractivity contribution is 9.10. The topological polar surface area (TPSA) is 39.2 Å². The van der Waals surface area contributed by atoms with Gasteiger partial charge in [-0.2, -0.15) is 0 Å². The van der Waals surface area contributed by atoms with Crippen molar-refractivity contribution < 1.29 is 13.9 Å². The molecule has 0 atom stereocenters. The second-order valence-electron chi connectivity index (χ2n) is 1.96. The number of carbonyl (C=O) groups excluding carboxylic acids is 1. The number of hydrogen-bond donors (Lipinski definition) is 0. The monoisotopic (exact) mass is 233 g/mol. The highest BCUT2D eigenvalue weighted by Gasteiger charge is 2.12. The van der Waals surface area contributed by atoms with Gasteiger partial charge < -0.3 is 4.74 Å². The zero-order chi connectivity index (χ0) is 9.14. The van der Waals surface area contributed by atoms with Gasteiger partial charge in [-0.1, -0.05) is 0 Å². The Morgan fingerprint density at radius 2 is 2.42 bits per heavy atom. The van der Waals surface area contributed by atoms with Gasteiger partial charge in [0, 0.05) is 10.7 Å². The van der Waals surface area contributed by atoms with E-state index in [2.05, 4.69) is 25.7 Å². The first-order chi connectivity index (χ1) is 5.70. The van der Waals surface area contributed by atoms with Crippen LogP contribution in [0.4, 0.5) is 4.39 Å². The lowest BCUT2D eigenvalue weighted by atomic mass is 10.3. The van der Waals surface area contributed by atoms with E-state index in [-0.39, 0.29) is 11.4 Å². The Kier molecular flexibility index (Phi) is 2.75. The molecule has 0 aliphatic rings. The molecule has 0 unspecified atom stereocenters. The van der Waals surface area contributed by atoms with Crippen LogP contribution >= 0.6 is 15.9 Å². The first-order valence-corrected chi connectivity index (χ1v) is 3.83. The first-order valence-electron chi connectivity index (χ1n) is 3.04. The van der Waals surface area contributed by atoms with E-state index in [4.69, 9.17) is 0 Å². The SMILES string of the molecule is COc1ncc(Br)c(C=O)c1F. The van der Waals surface area contributed by atoms with Gasteiger partial charge >= 0.3 is 0 Å². The van der Waals surface area contributed by atoms with Crippen LogP contribution in [0.2, 0.25) is 0 Å². The van der Waals surface area contributed by atoms with Crippen molar-refractivity contribution in [2.75, 3.05) is 7.11 Å². The van der Waals surface area contributed by atoms with E-state index < -0.39 is 5.82 Å². The maximum absolute atomic E-state index is 13.1. The highest BCUT2D eigenvalue weighted by atomic mass is 79.9. The highest BCUT2D eigenvalue weighted by Crippen LogP contribution is 2.22. The number of hydrogen-bond acceptors (Lipinski definition) is 3. The van der Waals surface area contributed by atoms with Crippen LogP contribution in [0, 0.1) is 5.82 Å². The van der Waals surface area contributed by atoms with Crippen molar-refractivity contribution in [1.82, 2.24) is 4.98 Å². The molecule has 3 nitrogen and oxygen atoms in total. The summed E-state index contributed by atoms with van der Waals surface area (Å²) in [5.74, 6) is -0.929. The van der Waals surface area contributed by atoms with E-state index in [1.807, 2.05) is 0 Å². The van der Waals surface area contributed by atoms with Gasteiger partial charge in [-0.25, -0.2) is 9.37 Å². The lowest BCUT2D eigenvalue weighted by Gasteiger charge is -2.02. The van der Waals surface area contributed by atoms with Crippen molar-refractivity contribution in [2.45, 2.75) is 0 Å². The summed E-state index contributed by atoms with van der Waals surface area (Å²) in [7, 11) is 1.29. The third-order valence-corrected chi connectivity index (χ3v) is 1.92. The fourth-order valence-corrected chi connectivity index (χ4v) is 1.08. The number of nitrogens with zero attached hydrogens (tertiary/aromatic N) is 1. The molecular formula is C7H5BrFNO2. The normalized spacial score (nSPS) is 9.58. The third kappa shape index (κ3) is 1.45. The number of aromatic nitrogens is 1. The number of pyridine rings is 1. The fraction of sp³-hybridized carbons (Fsp3) is 0.143. The Morgan fingerprint density at radius 3 is 2.92 bits per heavy atom. The van der Waals surface area contributed by atoms with Gasteiger partial charge in [-0.3, -0.25) is 4.79 Å². The summed E-state index contributed by atoms with van der Waals surface area (Å²) >= 11 is 2.98. The van der Waals surface area contributed by atoms with Crippen molar-refractivity contribution in [1.29, 1.82) is 0 Å². The summed E-state index contributed by atoms with van der Waals surface area (Å²) in [6.45, 7) is 0. The van der Waals surface area contributed by atoms with Crippen LogP contribution < -0.4 is 4.74 Å². The molecule has 0 amide bonds. The molecule has 0 aliphatic heterocycles. The summed E-state index contributed by atoms with van der Waals surface area (Å²) in [5.41, 5.74) is -0.0816. The average Bonchev–Trinajstić information content (AvgIpc) is 2.06. The molecule has 64 valence electrons. The Morgan fingerprint density at radius 1 is 1.75 bits per heavy atom. The second kappa shape index (κ2) is 3.62. The fourth-order valence-electron chi connectivity index (χ4n) is 0.712. The zero-order valence-electron chi connectivity index (χ0n) is 6.17. The van der Waals surface area contributed by atoms with Crippen LogP contribution in [0.25, 0.3) is 0 Å². The van der Waals surface area contributed by atoms with E-state index in [1.54, 1.807) is 0 Å². The summed E-state index contributed by atoms with van der Waals surface area (Å²) in [6.07, 6.45) is 1.72. The summed E-state index contributed by atoms with van der Waals surface area (Å²) < 4.78 is 18.0. The molecular weight excluding hydrogens is 229 g/mol. The Bertz CT molecular complexity index is 317.